The standard InChI is InChI=1S/C28H33N5O3/c1-21-26(28(35)33(30-21)23-7-3-2-4-8-23)17-22-19-32(27-10-6-5-9-25(22)27)20-24(34)18-29-11-12-31-13-15-36-16-14-31/h2-10,17,19,24,29,34H,11-16,18,20H2,1H3/b26-17+/t24-/m1/s1. The third kappa shape index (κ3) is 5.42. The van der Waals surface area contributed by atoms with Crippen molar-refractivity contribution in [3.8, 4) is 0 Å². The normalized spacial score (nSPS) is 18.8. The highest BCUT2D eigenvalue weighted by atomic mass is 16.5. The zero-order chi connectivity index (χ0) is 24.9. The molecule has 0 bridgehead atoms. The van der Waals surface area contributed by atoms with E-state index in [1.165, 1.54) is 5.01 Å². The molecule has 3 heterocycles. The van der Waals surface area contributed by atoms with Gasteiger partial charge in [0.2, 0.25) is 0 Å². The molecule has 0 saturated carbocycles. The van der Waals surface area contributed by atoms with Gasteiger partial charge in [0.05, 0.1) is 36.3 Å². The molecule has 1 fully saturated rings. The van der Waals surface area contributed by atoms with E-state index >= 15 is 0 Å². The maximum Gasteiger partial charge on any atom is 0.280 e. The fourth-order valence-corrected chi connectivity index (χ4v) is 4.75. The minimum Gasteiger partial charge on any atom is -0.390 e. The smallest absolute Gasteiger partial charge is 0.280 e. The summed E-state index contributed by atoms with van der Waals surface area (Å²) in [6.07, 6.45) is 3.40. The number of aliphatic hydroxyl groups excluding tert-OH is 1. The number of carbonyl (C=O) groups is 1. The molecule has 2 aliphatic heterocycles. The molecule has 1 amide bonds. The first-order valence-electron chi connectivity index (χ1n) is 12.5. The van der Waals surface area contributed by atoms with E-state index in [4.69, 9.17) is 4.74 Å². The Labute approximate surface area is 211 Å². The number of morpholine rings is 1. The number of para-hydroxylation sites is 2. The van der Waals surface area contributed by atoms with E-state index in [2.05, 4.69) is 19.9 Å². The summed E-state index contributed by atoms with van der Waals surface area (Å²) in [4.78, 5) is 15.6. The number of nitrogens with one attached hydrogen (secondary N) is 1. The van der Waals surface area contributed by atoms with Crippen LogP contribution in [0.2, 0.25) is 0 Å². The Morgan fingerprint density at radius 1 is 1.11 bits per heavy atom. The lowest BCUT2D eigenvalue weighted by molar-refractivity contribution is -0.114. The molecular weight excluding hydrogens is 454 g/mol. The molecule has 5 rings (SSSR count). The van der Waals surface area contributed by atoms with E-state index in [9.17, 15) is 9.90 Å². The third-order valence-corrected chi connectivity index (χ3v) is 6.68. The van der Waals surface area contributed by atoms with Gasteiger partial charge < -0.3 is 19.7 Å². The molecular formula is C28H33N5O3. The lowest BCUT2D eigenvalue weighted by atomic mass is 10.1. The van der Waals surface area contributed by atoms with Crippen LogP contribution in [0.3, 0.4) is 0 Å². The second-order valence-corrected chi connectivity index (χ2v) is 9.26. The van der Waals surface area contributed by atoms with Crippen molar-refractivity contribution in [1.82, 2.24) is 14.8 Å². The van der Waals surface area contributed by atoms with E-state index in [1.54, 1.807) is 0 Å². The highest BCUT2D eigenvalue weighted by molar-refractivity contribution is 6.32. The van der Waals surface area contributed by atoms with Crippen LogP contribution in [0, 0.1) is 0 Å². The second-order valence-electron chi connectivity index (χ2n) is 9.26. The summed E-state index contributed by atoms with van der Waals surface area (Å²) in [5, 5.41) is 21.1. The van der Waals surface area contributed by atoms with Crippen LogP contribution in [0.15, 0.2) is 71.5 Å². The van der Waals surface area contributed by atoms with Crippen molar-refractivity contribution in [2.75, 3.05) is 50.9 Å². The van der Waals surface area contributed by atoms with Gasteiger partial charge in [0.15, 0.2) is 0 Å². The summed E-state index contributed by atoms with van der Waals surface area (Å²) in [6, 6.07) is 17.5. The summed E-state index contributed by atoms with van der Waals surface area (Å²) < 4.78 is 7.46. The number of amides is 1. The van der Waals surface area contributed by atoms with Crippen LogP contribution in [0.1, 0.15) is 12.5 Å². The van der Waals surface area contributed by atoms with E-state index in [1.807, 2.05) is 73.8 Å². The number of aromatic nitrogens is 1. The Morgan fingerprint density at radius 2 is 1.86 bits per heavy atom. The van der Waals surface area contributed by atoms with Gasteiger partial charge in [-0.05, 0) is 31.2 Å². The molecule has 1 atom stereocenters. The number of hydrogen-bond donors (Lipinski definition) is 2. The van der Waals surface area contributed by atoms with E-state index < -0.39 is 6.10 Å². The molecule has 3 aromatic rings. The molecule has 2 N–H and O–H groups in total. The number of carbonyl (C=O) groups excluding carboxylic acids is 1. The number of ether oxygens (including phenoxy) is 1. The molecule has 0 aliphatic carbocycles. The number of anilines is 1. The third-order valence-electron chi connectivity index (χ3n) is 6.68. The molecule has 1 aromatic heterocycles. The van der Waals surface area contributed by atoms with Crippen LogP contribution >= 0.6 is 0 Å². The number of hydrogen-bond acceptors (Lipinski definition) is 6. The van der Waals surface area contributed by atoms with E-state index in [0.29, 0.717) is 24.4 Å². The Morgan fingerprint density at radius 3 is 2.67 bits per heavy atom. The van der Waals surface area contributed by atoms with Crippen LogP contribution in [0.25, 0.3) is 17.0 Å². The first kappa shape index (κ1) is 24.4. The molecule has 188 valence electrons. The molecule has 2 aliphatic rings. The van der Waals surface area contributed by atoms with Crippen molar-refractivity contribution in [2.24, 2.45) is 5.10 Å². The zero-order valence-corrected chi connectivity index (χ0v) is 20.6. The number of nitrogens with zero attached hydrogens (tertiary/aromatic N) is 4. The van der Waals surface area contributed by atoms with Crippen molar-refractivity contribution < 1.29 is 14.6 Å². The van der Waals surface area contributed by atoms with Gasteiger partial charge in [0.1, 0.15) is 0 Å². The molecule has 36 heavy (non-hydrogen) atoms. The van der Waals surface area contributed by atoms with Crippen LogP contribution in [-0.2, 0) is 16.1 Å². The van der Waals surface area contributed by atoms with Crippen LogP contribution < -0.4 is 10.3 Å². The van der Waals surface area contributed by atoms with Gasteiger partial charge >= 0.3 is 0 Å². The summed E-state index contributed by atoms with van der Waals surface area (Å²) in [5.41, 5.74) is 3.97. The van der Waals surface area contributed by atoms with Crippen molar-refractivity contribution in [3.05, 3.63) is 71.9 Å². The lowest BCUT2D eigenvalue weighted by Crippen LogP contribution is -2.41. The zero-order valence-electron chi connectivity index (χ0n) is 20.6. The van der Waals surface area contributed by atoms with Crippen molar-refractivity contribution in [3.63, 3.8) is 0 Å². The monoisotopic (exact) mass is 487 g/mol. The summed E-state index contributed by atoms with van der Waals surface area (Å²) in [6.45, 7) is 8.15. The average molecular weight is 488 g/mol. The lowest BCUT2D eigenvalue weighted by Gasteiger charge is -2.26. The Kier molecular flexibility index (Phi) is 7.58. The SMILES string of the molecule is CC1=NN(c2ccccc2)C(=O)/C1=C/c1cn(C[C@H](O)CNCCN2CCOCC2)c2ccccc12. The quantitative estimate of drug-likeness (QED) is 0.358. The molecule has 2 aromatic carbocycles. The van der Waals surface area contributed by atoms with Gasteiger partial charge in [-0.1, -0.05) is 36.4 Å². The van der Waals surface area contributed by atoms with Gasteiger partial charge in [0, 0.05) is 61.9 Å². The minimum atomic E-state index is -0.531. The highest BCUT2D eigenvalue weighted by Gasteiger charge is 2.29. The van der Waals surface area contributed by atoms with Crippen LogP contribution in [0.4, 0.5) is 5.69 Å². The van der Waals surface area contributed by atoms with Crippen LogP contribution in [0.5, 0.6) is 0 Å². The van der Waals surface area contributed by atoms with Crippen molar-refractivity contribution in [1.29, 1.82) is 0 Å². The molecule has 0 unspecified atom stereocenters. The fraction of sp³-hybridized carbons (Fsp3) is 0.357. The van der Waals surface area contributed by atoms with Crippen molar-refractivity contribution in [2.45, 2.75) is 19.6 Å². The predicted molar refractivity (Wildman–Crippen MR) is 143 cm³/mol. The molecule has 8 heteroatoms. The first-order valence-corrected chi connectivity index (χ1v) is 12.5. The number of aliphatic hydroxyl groups is 1. The molecule has 0 spiro atoms. The van der Waals surface area contributed by atoms with Crippen molar-refractivity contribution >= 4 is 34.3 Å². The number of hydrazone groups is 1. The first-order chi connectivity index (χ1) is 17.6. The molecule has 1 saturated heterocycles. The molecule has 0 radical (unpaired) electrons. The number of rotatable bonds is 9. The highest BCUT2D eigenvalue weighted by Crippen LogP contribution is 2.28. The summed E-state index contributed by atoms with van der Waals surface area (Å²) >= 11 is 0. The molecule has 8 nitrogen and oxygen atoms in total. The topological polar surface area (TPSA) is 82.3 Å². The Bertz CT molecular complexity index is 1260. The van der Waals surface area contributed by atoms with Gasteiger partial charge in [-0.15, -0.1) is 0 Å². The van der Waals surface area contributed by atoms with E-state index in [-0.39, 0.29) is 5.91 Å². The van der Waals surface area contributed by atoms with Crippen LogP contribution in [-0.4, -0.2) is 78.2 Å². The van der Waals surface area contributed by atoms with E-state index in [0.717, 1.165) is 61.5 Å². The average Bonchev–Trinajstić information content (AvgIpc) is 3.40. The summed E-state index contributed by atoms with van der Waals surface area (Å²) in [5.74, 6) is -0.139. The minimum absolute atomic E-state index is 0.139. The van der Waals surface area contributed by atoms with Gasteiger partial charge in [-0.2, -0.15) is 10.1 Å². The maximum atomic E-state index is 13.2. The van der Waals surface area contributed by atoms with Gasteiger partial charge in [-0.25, -0.2) is 0 Å². The predicted octanol–water partition coefficient (Wildman–Crippen LogP) is 2.73. The second kappa shape index (κ2) is 11.2. The summed E-state index contributed by atoms with van der Waals surface area (Å²) in [7, 11) is 0. The Balaban J connectivity index is 1.28. The Hall–Kier alpha value is -3.30. The van der Waals surface area contributed by atoms with Gasteiger partial charge in [0.25, 0.3) is 5.91 Å². The fourth-order valence-electron chi connectivity index (χ4n) is 4.75. The number of benzene rings is 2. The van der Waals surface area contributed by atoms with Gasteiger partial charge in [-0.3, -0.25) is 9.69 Å². The number of fused-ring (bicyclic) bond motifs is 1. The maximum absolute atomic E-state index is 13.2. The largest absolute Gasteiger partial charge is 0.390 e.